The van der Waals surface area contributed by atoms with Crippen LogP contribution in [0.25, 0.3) is 0 Å². The molecule has 19 heavy (non-hydrogen) atoms. The molecule has 0 unspecified atom stereocenters. The molecule has 0 saturated heterocycles. The van der Waals surface area contributed by atoms with Gasteiger partial charge in [-0.15, -0.1) is 0 Å². The standard InChI is InChI=1S/C12H8N2O4S/c15-13(16)9-4-6-11(7-5-9)19-12-3-1-2-10(8-12)14(17)18/h1-8H. The van der Waals surface area contributed by atoms with Crippen LogP contribution in [0.1, 0.15) is 0 Å². The van der Waals surface area contributed by atoms with E-state index in [4.69, 9.17) is 0 Å². The summed E-state index contributed by atoms with van der Waals surface area (Å²) in [6.07, 6.45) is 0. The summed E-state index contributed by atoms with van der Waals surface area (Å²) in [6, 6.07) is 12.3. The monoisotopic (exact) mass is 276 g/mol. The molecular formula is C12H8N2O4S. The van der Waals surface area contributed by atoms with Crippen molar-refractivity contribution in [2.75, 3.05) is 0 Å². The number of rotatable bonds is 4. The highest BCUT2D eigenvalue weighted by Crippen LogP contribution is 2.30. The van der Waals surface area contributed by atoms with Crippen LogP contribution in [0.15, 0.2) is 58.3 Å². The molecule has 2 aromatic carbocycles. The lowest BCUT2D eigenvalue weighted by atomic mass is 10.3. The summed E-state index contributed by atoms with van der Waals surface area (Å²) in [5, 5.41) is 21.2. The minimum atomic E-state index is -0.470. The van der Waals surface area contributed by atoms with Crippen LogP contribution in [-0.2, 0) is 0 Å². The predicted molar refractivity (Wildman–Crippen MR) is 70.3 cm³/mol. The van der Waals surface area contributed by atoms with Crippen LogP contribution in [0.2, 0.25) is 0 Å². The number of nitro groups is 2. The molecule has 0 fully saturated rings. The minimum absolute atomic E-state index is 0.0170. The van der Waals surface area contributed by atoms with Crippen molar-refractivity contribution in [1.82, 2.24) is 0 Å². The summed E-state index contributed by atoms with van der Waals surface area (Å²) < 4.78 is 0. The van der Waals surface area contributed by atoms with Crippen LogP contribution in [0.4, 0.5) is 11.4 Å². The average molecular weight is 276 g/mol. The van der Waals surface area contributed by atoms with E-state index in [0.717, 1.165) is 4.90 Å². The van der Waals surface area contributed by atoms with Crippen molar-refractivity contribution in [3.8, 4) is 0 Å². The second-order valence-corrected chi connectivity index (χ2v) is 4.75. The zero-order valence-corrected chi connectivity index (χ0v) is 10.4. The maximum Gasteiger partial charge on any atom is 0.270 e. The topological polar surface area (TPSA) is 86.3 Å². The molecule has 0 amide bonds. The summed E-state index contributed by atoms with van der Waals surface area (Å²) >= 11 is 1.31. The molecule has 0 saturated carbocycles. The number of non-ortho nitro benzene ring substituents is 2. The van der Waals surface area contributed by atoms with Gasteiger partial charge in [-0.2, -0.15) is 0 Å². The Kier molecular flexibility index (Phi) is 3.76. The molecule has 0 aromatic heterocycles. The van der Waals surface area contributed by atoms with E-state index >= 15 is 0 Å². The Hall–Kier alpha value is -2.41. The molecule has 0 aliphatic heterocycles. The quantitative estimate of drug-likeness (QED) is 0.628. The molecule has 0 aliphatic rings. The Balaban J connectivity index is 2.19. The van der Waals surface area contributed by atoms with Crippen LogP contribution in [-0.4, -0.2) is 9.85 Å². The van der Waals surface area contributed by atoms with Gasteiger partial charge >= 0.3 is 0 Å². The first-order valence-corrected chi connectivity index (χ1v) is 6.04. The number of nitro benzene ring substituents is 2. The van der Waals surface area contributed by atoms with Crippen molar-refractivity contribution in [3.63, 3.8) is 0 Å². The summed E-state index contributed by atoms with van der Waals surface area (Å²) in [6.45, 7) is 0. The van der Waals surface area contributed by atoms with Crippen LogP contribution in [0, 0.1) is 20.2 Å². The molecule has 0 aliphatic carbocycles. The molecule has 0 atom stereocenters. The van der Waals surface area contributed by atoms with E-state index in [2.05, 4.69) is 0 Å². The van der Waals surface area contributed by atoms with Crippen molar-refractivity contribution in [2.24, 2.45) is 0 Å². The number of hydrogen-bond acceptors (Lipinski definition) is 5. The Labute approximate surface area is 112 Å². The fourth-order valence-electron chi connectivity index (χ4n) is 1.43. The van der Waals surface area contributed by atoms with Crippen LogP contribution in [0.3, 0.4) is 0 Å². The van der Waals surface area contributed by atoms with Gasteiger partial charge < -0.3 is 0 Å². The SMILES string of the molecule is O=[N+]([O-])c1ccc(Sc2cccc([N+](=O)[O-])c2)cc1. The van der Waals surface area contributed by atoms with Crippen molar-refractivity contribution in [1.29, 1.82) is 0 Å². The molecule has 0 bridgehead atoms. The van der Waals surface area contributed by atoms with Gasteiger partial charge in [0.2, 0.25) is 0 Å². The predicted octanol–water partition coefficient (Wildman–Crippen LogP) is 3.65. The van der Waals surface area contributed by atoms with E-state index in [9.17, 15) is 20.2 Å². The van der Waals surface area contributed by atoms with Crippen molar-refractivity contribution in [3.05, 3.63) is 68.8 Å². The van der Waals surface area contributed by atoms with Crippen LogP contribution >= 0.6 is 11.8 Å². The highest BCUT2D eigenvalue weighted by Gasteiger charge is 2.08. The number of hydrogen-bond donors (Lipinski definition) is 0. The zero-order chi connectivity index (χ0) is 13.8. The average Bonchev–Trinajstić information content (AvgIpc) is 2.39. The highest BCUT2D eigenvalue weighted by atomic mass is 32.2. The van der Waals surface area contributed by atoms with Gasteiger partial charge in [0.05, 0.1) is 9.85 Å². The van der Waals surface area contributed by atoms with Gasteiger partial charge in [-0.1, -0.05) is 17.8 Å². The largest absolute Gasteiger partial charge is 0.270 e. The third-order valence-electron chi connectivity index (χ3n) is 2.31. The summed E-state index contributed by atoms with van der Waals surface area (Å²) in [5.41, 5.74) is 0.0373. The second-order valence-electron chi connectivity index (χ2n) is 3.61. The zero-order valence-electron chi connectivity index (χ0n) is 9.55. The number of nitrogens with zero attached hydrogens (tertiary/aromatic N) is 2. The molecule has 0 spiro atoms. The molecule has 7 heteroatoms. The highest BCUT2D eigenvalue weighted by molar-refractivity contribution is 7.99. The third-order valence-corrected chi connectivity index (χ3v) is 3.31. The van der Waals surface area contributed by atoms with Gasteiger partial charge in [0.25, 0.3) is 11.4 Å². The molecule has 6 nitrogen and oxygen atoms in total. The Morgan fingerprint density at radius 2 is 1.42 bits per heavy atom. The Morgan fingerprint density at radius 3 is 2.00 bits per heavy atom. The molecule has 2 rings (SSSR count). The van der Waals surface area contributed by atoms with Crippen LogP contribution in [0.5, 0.6) is 0 Å². The van der Waals surface area contributed by atoms with E-state index < -0.39 is 9.85 Å². The fourth-order valence-corrected chi connectivity index (χ4v) is 2.30. The lowest BCUT2D eigenvalue weighted by Gasteiger charge is -2.01. The first-order valence-electron chi connectivity index (χ1n) is 5.23. The van der Waals surface area contributed by atoms with Gasteiger partial charge in [-0.3, -0.25) is 20.2 Å². The Morgan fingerprint density at radius 1 is 0.789 bits per heavy atom. The second kappa shape index (κ2) is 5.49. The van der Waals surface area contributed by atoms with E-state index in [1.807, 2.05) is 0 Å². The first kappa shape index (κ1) is 13.0. The normalized spacial score (nSPS) is 10.1. The van der Waals surface area contributed by atoms with Gasteiger partial charge in [0.1, 0.15) is 0 Å². The summed E-state index contributed by atoms with van der Waals surface area (Å²) in [4.78, 5) is 21.7. The van der Waals surface area contributed by atoms with E-state index in [1.54, 1.807) is 24.3 Å². The van der Waals surface area contributed by atoms with Gasteiger partial charge in [0.15, 0.2) is 0 Å². The van der Waals surface area contributed by atoms with Gasteiger partial charge in [-0.25, -0.2) is 0 Å². The fraction of sp³-hybridized carbons (Fsp3) is 0. The summed E-state index contributed by atoms with van der Waals surface area (Å²) in [5.74, 6) is 0. The smallest absolute Gasteiger partial charge is 0.258 e. The molecule has 96 valence electrons. The van der Waals surface area contributed by atoms with Gasteiger partial charge in [0, 0.05) is 34.1 Å². The van der Waals surface area contributed by atoms with E-state index in [-0.39, 0.29) is 11.4 Å². The van der Waals surface area contributed by atoms with Crippen molar-refractivity contribution >= 4 is 23.1 Å². The lowest BCUT2D eigenvalue weighted by Crippen LogP contribution is -1.88. The molecular weight excluding hydrogens is 268 g/mol. The lowest BCUT2D eigenvalue weighted by molar-refractivity contribution is -0.385. The maximum absolute atomic E-state index is 10.6. The molecule has 0 radical (unpaired) electrons. The molecule has 0 N–H and O–H groups in total. The van der Waals surface area contributed by atoms with E-state index in [0.29, 0.717) is 4.90 Å². The van der Waals surface area contributed by atoms with Crippen molar-refractivity contribution in [2.45, 2.75) is 9.79 Å². The third kappa shape index (κ3) is 3.29. The number of benzene rings is 2. The van der Waals surface area contributed by atoms with Crippen molar-refractivity contribution < 1.29 is 9.85 Å². The first-order chi connectivity index (χ1) is 9.06. The summed E-state index contributed by atoms with van der Waals surface area (Å²) in [7, 11) is 0. The van der Waals surface area contributed by atoms with E-state index in [1.165, 1.54) is 36.0 Å². The molecule has 0 heterocycles. The minimum Gasteiger partial charge on any atom is -0.258 e. The maximum atomic E-state index is 10.6. The van der Waals surface area contributed by atoms with Gasteiger partial charge in [-0.05, 0) is 18.2 Å². The molecule has 2 aromatic rings. The Bertz CT molecular complexity index is 628. The van der Waals surface area contributed by atoms with Crippen LogP contribution < -0.4 is 0 Å².